The number of nitrogens with zero attached hydrogens (tertiary/aromatic N) is 1. The zero-order valence-corrected chi connectivity index (χ0v) is 19.6. The molecule has 1 aromatic heterocycles. The lowest BCUT2D eigenvalue weighted by Gasteiger charge is -2.13. The fraction of sp³-hybridized carbons (Fsp3) is 0.130. The molecule has 10 nitrogen and oxygen atoms in total. The smallest absolute Gasteiger partial charge is 0.417 e. The van der Waals surface area contributed by atoms with Crippen molar-refractivity contribution in [2.24, 2.45) is 0 Å². The first-order chi connectivity index (χ1) is 17.5. The zero-order valence-electron chi connectivity index (χ0n) is 18.9. The van der Waals surface area contributed by atoms with Gasteiger partial charge in [-0.05, 0) is 55.5 Å². The number of nitrogens with one attached hydrogen (secondary N) is 4. The number of aromatic nitrogens is 1. The Hall–Kier alpha value is -4.36. The second-order valence-corrected chi connectivity index (χ2v) is 7.85. The summed E-state index contributed by atoms with van der Waals surface area (Å²) in [7, 11) is 0. The van der Waals surface area contributed by atoms with E-state index >= 15 is 0 Å². The fourth-order valence-corrected chi connectivity index (χ4v) is 3.11. The van der Waals surface area contributed by atoms with Gasteiger partial charge < -0.3 is 20.7 Å². The molecule has 1 heterocycles. The van der Waals surface area contributed by atoms with Crippen molar-refractivity contribution in [3.8, 4) is 11.5 Å². The molecule has 0 aliphatic rings. The molecule has 3 aromatic rings. The van der Waals surface area contributed by atoms with Crippen molar-refractivity contribution in [2.45, 2.75) is 19.1 Å². The van der Waals surface area contributed by atoms with E-state index < -0.39 is 40.6 Å². The predicted octanol–water partition coefficient (Wildman–Crippen LogP) is 4.81. The van der Waals surface area contributed by atoms with Gasteiger partial charge in [-0.2, -0.15) is 13.2 Å². The Morgan fingerprint density at radius 1 is 0.973 bits per heavy atom. The summed E-state index contributed by atoms with van der Waals surface area (Å²) in [6.07, 6.45) is -3.35. The van der Waals surface area contributed by atoms with Crippen molar-refractivity contribution in [2.75, 3.05) is 10.6 Å². The first kappa shape index (κ1) is 27.2. The maximum absolute atomic E-state index is 13.0. The third-order valence-electron chi connectivity index (χ3n) is 4.69. The number of benzene rings is 2. The molecule has 0 bridgehead atoms. The van der Waals surface area contributed by atoms with Gasteiger partial charge in [-0.3, -0.25) is 19.8 Å². The molecule has 0 radical (unpaired) electrons. The van der Waals surface area contributed by atoms with Gasteiger partial charge in [-0.1, -0.05) is 11.6 Å². The molecule has 0 saturated carbocycles. The molecule has 1 atom stereocenters. The van der Waals surface area contributed by atoms with Crippen LogP contribution in [0.25, 0.3) is 0 Å². The standard InChI is InChI=1S/C23H19ClF3N5O5/c1-12(20(33)32-36)29-21(34)19-11-16(8-9-28-19)37-15-5-2-13(3-6-15)30-22(35)31-14-4-7-18(24)17(10-14)23(25,26)27/h2-12,36H,1H3,(H,29,34)(H,32,33)(H2,30,31,35)/t12-/m1/s1. The van der Waals surface area contributed by atoms with Crippen molar-refractivity contribution in [3.63, 3.8) is 0 Å². The number of hydrogen-bond donors (Lipinski definition) is 5. The number of pyridine rings is 1. The maximum Gasteiger partial charge on any atom is 0.417 e. The molecule has 0 aliphatic carbocycles. The van der Waals surface area contributed by atoms with E-state index in [9.17, 15) is 27.6 Å². The van der Waals surface area contributed by atoms with Gasteiger partial charge in [0.1, 0.15) is 23.2 Å². The van der Waals surface area contributed by atoms with Crippen molar-refractivity contribution in [1.29, 1.82) is 0 Å². The average molecular weight is 538 g/mol. The van der Waals surface area contributed by atoms with Gasteiger partial charge in [-0.25, -0.2) is 10.3 Å². The maximum atomic E-state index is 13.0. The number of carbonyl (C=O) groups is 3. The van der Waals surface area contributed by atoms with Crippen LogP contribution >= 0.6 is 11.6 Å². The summed E-state index contributed by atoms with van der Waals surface area (Å²) in [4.78, 5) is 39.7. The van der Waals surface area contributed by atoms with E-state index in [2.05, 4.69) is 20.9 Å². The highest BCUT2D eigenvalue weighted by atomic mass is 35.5. The fourth-order valence-electron chi connectivity index (χ4n) is 2.89. The summed E-state index contributed by atoms with van der Waals surface area (Å²) in [6.45, 7) is 1.37. The summed E-state index contributed by atoms with van der Waals surface area (Å²) in [5.41, 5.74) is 0.535. The van der Waals surface area contributed by atoms with Gasteiger partial charge in [0.25, 0.3) is 11.8 Å². The molecule has 3 rings (SSSR count). The number of rotatable bonds is 7. The van der Waals surface area contributed by atoms with Crippen LogP contribution in [0.3, 0.4) is 0 Å². The largest absolute Gasteiger partial charge is 0.457 e. The molecule has 5 N–H and O–H groups in total. The highest BCUT2D eigenvalue weighted by molar-refractivity contribution is 6.31. The van der Waals surface area contributed by atoms with Crippen LogP contribution < -0.4 is 26.2 Å². The Balaban J connectivity index is 1.60. The number of halogens is 4. The Labute approximate surface area is 212 Å². The van der Waals surface area contributed by atoms with E-state index in [1.54, 1.807) is 0 Å². The van der Waals surface area contributed by atoms with Crippen LogP contribution in [0, 0.1) is 0 Å². The quantitative estimate of drug-likeness (QED) is 0.216. The number of carbonyl (C=O) groups excluding carboxylic acids is 3. The second-order valence-electron chi connectivity index (χ2n) is 7.45. The van der Waals surface area contributed by atoms with Gasteiger partial charge in [0, 0.05) is 23.6 Å². The SMILES string of the molecule is C[C@@H](NC(=O)c1cc(Oc2ccc(NC(=O)Nc3ccc(Cl)c(C(F)(F)F)c3)cc2)ccn1)C(=O)NO. The Kier molecular flexibility index (Phi) is 8.52. The van der Waals surface area contributed by atoms with Gasteiger partial charge in [0.15, 0.2) is 0 Å². The van der Waals surface area contributed by atoms with Crippen LogP contribution in [-0.4, -0.2) is 34.1 Å². The lowest BCUT2D eigenvalue weighted by atomic mass is 10.2. The number of alkyl halides is 3. The van der Waals surface area contributed by atoms with Crippen molar-refractivity contribution in [3.05, 3.63) is 77.1 Å². The second kappa shape index (κ2) is 11.6. The van der Waals surface area contributed by atoms with Gasteiger partial charge in [0.2, 0.25) is 0 Å². The third kappa shape index (κ3) is 7.56. The van der Waals surface area contributed by atoms with E-state index in [1.165, 1.54) is 61.1 Å². The van der Waals surface area contributed by atoms with E-state index in [1.807, 2.05) is 0 Å². The number of anilines is 2. The highest BCUT2D eigenvalue weighted by Gasteiger charge is 2.33. The average Bonchev–Trinajstić information content (AvgIpc) is 2.85. The third-order valence-corrected chi connectivity index (χ3v) is 5.02. The van der Waals surface area contributed by atoms with Crippen molar-refractivity contribution >= 4 is 40.8 Å². The van der Waals surface area contributed by atoms with Gasteiger partial charge in [0.05, 0.1) is 10.6 Å². The first-order valence-electron chi connectivity index (χ1n) is 10.4. The molecular weight excluding hydrogens is 519 g/mol. The molecule has 0 unspecified atom stereocenters. The molecule has 37 heavy (non-hydrogen) atoms. The number of urea groups is 1. The minimum Gasteiger partial charge on any atom is -0.457 e. The molecule has 14 heteroatoms. The van der Waals surface area contributed by atoms with E-state index in [-0.39, 0.29) is 17.1 Å². The van der Waals surface area contributed by atoms with Crippen LogP contribution in [0.4, 0.5) is 29.3 Å². The van der Waals surface area contributed by atoms with Crippen LogP contribution in [-0.2, 0) is 11.0 Å². The summed E-state index contributed by atoms with van der Waals surface area (Å²) in [5, 5.41) is 15.3. The van der Waals surface area contributed by atoms with Crippen LogP contribution in [0.1, 0.15) is 23.0 Å². The summed E-state index contributed by atoms with van der Waals surface area (Å²) >= 11 is 5.57. The molecular formula is C23H19ClF3N5O5. The number of hydrogen-bond acceptors (Lipinski definition) is 6. The molecule has 2 aromatic carbocycles. The summed E-state index contributed by atoms with van der Waals surface area (Å²) in [5.74, 6) is -0.886. The number of amides is 4. The number of ether oxygens (including phenoxy) is 1. The first-order valence-corrected chi connectivity index (χ1v) is 10.8. The van der Waals surface area contributed by atoms with Crippen molar-refractivity contribution < 1.29 is 37.5 Å². The van der Waals surface area contributed by atoms with E-state index in [0.29, 0.717) is 11.4 Å². The predicted molar refractivity (Wildman–Crippen MR) is 127 cm³/mol. The Morgan fingerprint density at radius 2 is 1.62 bits per heavy atom. The minimum absolute atomic E-state index is 0.0408. The molecule has 0 spiro atoms. The summed E-state index contributed by atoms with van der Waals surface area (Å²) in [6, 6.07) is 10.0. The Morgan fingerprint density at radius 3 is 2.27 bits per heavy atom. The van der Waals surface area contributed by atoms with Crippen LogP contribution in [0.5, 0.6) is 11.5 Å². The monoisotopic (exact) mass is 537 g/mol. The lowest BCUT2D eigenvalue weighted by Crippen LogP contribution is -2.44. The lowest BCUT2D eigenvalue weighted by molar-refractivity contribution is -0.137. The van der Waals surface area contributed by atoms with Gasteiger partial charge in [-0.15, -0.1) is 0 Å². The van der Waals surface area contributed by atoms with Crippen LogP contribution in [0.15, 0.2) is 60.8 Å². The van der Waals surface area contributed by atoms with Crippen LogP contribution in [0.2, 0.25) is 5.02 Å². The van der Waals surface area contributed by atoms with Gasteiger partial charge >= 0.3 is 12.2 Å². The normalized spacial score (nSPS) is 11.7. The molecule has 0 aliphatic heterocycles. The highest BCUT2D eigenvalue weighted by Crippen LogP contribution is 2.36. The number of hydroxylamine groups is 1. The zero-order chi connectivity index (χ0) is 27.2. The molecule has 194 valence electrons. The van der Waals surface area contributed by atoms with E-state index in [4.69, 9.17) is 21.5 Å². The Bertz CT molecular complexity index is 1300. The van der Waals surface area contributed by atoms with Crippen molar-refractivity contribution in [1.82, 2.24) is 15.8 Å². The topological polar surface area (TPSA) is 142 Å². The molecule has 4 amide bonds. The van der Waals surface area contributed by atoms with E-state index in [0.717, 1.165) is 12.1 Å². The molecule has 0 saturated heterocycles. The minimum atomic E-state index is -4.67. The molecule has 0 fully saturated rings. The summed E-state index contributed by atoms with van der Waals surface area (Å²) < 4.78 is 44.6.